The monoisotopic (exact) mass is 294 g/mol. The zero-order chi connectivity index (χ0) is 15.5. The first-order valence-corrected chi connectivity index (χ1v) is 8.24. The first-order valence-electron chi connectivity index (χ1n) is 8.24. The topological polar surface area (TPSA) is 54.2 Å². The summed E-state index contributed by atoms with van der Waals surface area (Å²) in [5.41, 5.74) is -0.224. The van der Waals surface area contributed by atoms with E-state index in [-0.39, 0.29) is 11.6 Å². The Bertz CT molecular complexity index is 433. The summed E-state index contributed by atoms with van der Waals surface area (Å²) >= 11 is 0. The van der Waals surface area contributed by atoms with Crippen LogP contribution in [0.25, 0.3) is 0 Å². The van der Waals surface area contributed by atoms with Crippen LogP contribution in [0.2, 0.25) is 0 Å². The Morgan fingerprint density at radius 2 is 1.81 bits per heavy atom. The normalized spacial score (nSPS) is 19.7. The number of aromatic nitrogens is 3. The molecule has 1 unspecified atom stereocenters. The molecule has 0 amide bonds. The summed E-state index contributed by atoms with van der Waals surface area (Å²) in [6.45, 7) is 10.6. The number of aliphatic hydroxyl groups excluding tert-OH is 1. The van der Waals surface area contributed by atoms with Crippen LogP contribution in [-0.2, 0) is 6.42 Å². The van der Waals surface area contributed by atoms with Gasteiger partial charge in [-0.05, 0) is 53.6 Å². The molecule has 1 aliphatic heterocycles. The van der Waals surface area contributed by atoms with E-state index in [4.69, 9.17) is 0 Å². The van der Waals surface area contributed by atoms with Gasteiger partial charge in [-0.15, -0.1) is 0 Å². The van der Waals surface area contributed by atoms with Gasteiger partial charge in [0.2, 0.25) is 0 Å². The lowest BCUT2D eigenvalue weighted by Crippen LogP contribution is -2.53. The molecule has 0 bridgehead atoms. The van der Waals surface area contributed by atoms with Gasteiger partial charge in [-0.3, -0.25) is 4.90 Å². The first kappa shape index (κ1) is 16.4. The van der Waals surface area contributed by atoms with E-state index in [1.807, 2.05) is 4.68 Å². The van der Waals surface area contributed by atoms with Crippen molar-refractivity contribution >= 4 is 0 Å². The summed E-state index contributed by atoms with van der Waals surface area (Å²) in [4.78, 5) is 6.77. The molecule has 1 aromatic heterocycles. The second kappa shape index (κ2) is 6.88. The van der Waals surface area contributed by atoms with Crippen LogP contribution in [0.15, 0.2) is 6.33 Å². The van der Waals surface area contributed by atoms with Gasteiger partial charge in [-0.1, -0.05) is 12.8 Å². The van der Waals surface area contributed by atoms with Crippen LogP contribution in [0.4, 0.5) is 0 Å². The van der Waals surface area contributed by atoms with Crippen molar-refractivity contribution in [2.24, 2.45) is 0 Å². The summed E-state index contributed by atoms with van der Waals surface area (Å²) in [6, 6.07) is 0.274. The maximum Gasteiger partial charge on any atom is 0.138 e. The van der Waals surface area contributed by atoms with Crippen LogP contribution < -0.4 is 0 Å². The molecule has 1 aliphatic rings. The second-order valence-corrected chi connectivity index (χ2v) is 6.99. The highest BCUT2D eigenvalue weighted by Gasteiger charge is 2.35. The van der Waals surface area contributed by atoms with Gasteiger partial charge in [0.05, 0.1) is 6.10 Å². The van der Waals surface area contributed by atoms with Crippen LogP contribution in [0.5, 0.6) is 0 Å². The molecule has 21 heavy (non-hydrogen) atoms. The molecule has 1 aromatic rings. The zero-order valence-electron chi connectivity index (χ0n) is 13.9. The predicted molar refractivity (Wildman–Crippen MR) is 84.2 cm³/mol. The molecule has 1 saturated heterocycles. The van der Waals surface area contributed by atoms with Crippen LogP contribution in [0, 0.1) is 0 Å². The SMILES string of the molecule is CC(C)n1ncnc1CC(O)C(C)(C)N1CCCCCC1. The number of hydrogen-bond acceptors (Lipinski definition) is 4. The van der Waals surface area contributed by atoms with Gasteiger partial charge < -0.3 is 5.11 Å². The minimum absolute atomic E-state index is 0.224. The van der Waals surface area contributed by atoms with E-state index < -0.39 is 6.10 Å². The molecule has 2 heterocycles. The molecule has 5 nitrogen and oxygen atoms in total. The molecular weight excluding hydrogens is 264 g/mol. The minimum atomic E-state index is -0.433. The quantitative estimate of drug-likeness (QED) is 0.906. The molecule has 0 aromatic carbocycles. The Labute approximate surface area is 128 Å². The summed E-state index contributed by atoms with van der Waals surface area (Å²) in [7, 11) is 0. The number of hydrogen-bond donors (Lipinski definition) is 1. The number of aliphatic hydroxyl groups is 1. The van der Waals surface area contributed by atoms with E-state index in [2.05, 4.69) is 42.7 Å². The molecule has 0 spiro atoms. The molecule has 5 heteroatoms. The van der Waals surface area contributed by atoms with Crippen molar-refractivity contribution < 1.29 is 5.11 Å². The van der Waals surface area contributed by atoms with E-state index >= 15 is 0 Å². The Morgan fingerprint density at radius 1 is 1.19 bits per heavy atom. The lowest BCUT2D eigenvalue weighted by Gasteiger charge is -2.41. The van der Waals surface area contributed by atoms with Crippen molar-refractivity contribution in [2.75, 3.05) is 13.1 Å². The number of nitrogens with zero attached hydrogens (tertiary/aromatic N) is 4. The Balaban J connectivity index is 2.06. The third-order valence-electron chi connectivity index (χ3n) is 4.75. The van der Waals surface area contributed by atoms with E-state index in [1.165, 1.54) is 25.7 Å². The smallest absolute Gasteiger partial charge is 0.138 e. The highest BCUT2D eigenvalue weighted by atomic mass is 16.3. The van der Waals surface area contributed by atoms with E-state index in [0.29, 0.717) is 6.42 Å². The zero-order valence-corrected chi connectivity index (χ0v) is 13.9. The van der Waals surface area contributed by atoms with Gasteiger partial charge in [-0.2, -0.15) is 5.10 Å². The fourth-order valence-corrected chi connectivity index (χ4v) is 3.13. The maximum atomic E-state index is 10.8. The van der Waals surface area contributed by atoms with Crippen molar-refractivity contribution in [3.8, 4) is 0 Å². The fraction of sp³-hybridized carbons (Fsp3) is 0.875. The van der Waals surface area contributed by atoms with Gasteiger partial charge in [-0.25, -0.2) is 9.67 Å². The van der Waals surface area contributed by atoms with Gasteiger partial charge in [0.25, 0.3) is 0 Å². The average Bonchev–Trinajstić information content (AvgIpc) is 2.72. The predicted octanol–water partition coefficient (Wildman–Crippen LogP) is 2.42. The highest BCUT2D eigenvalue weighted by Crippen LogP contribution is 2.25. The van der Waals surface area contributed by atoms with Crippen molar-refractivity contribution in [3.63, 3.8) is 0 Å². The third kappa shape index (κ3) is 3.83. The largest absolute Gasteiger partial charge is 0.391 e. The molecule has 1 fully saturated rings. The van der Waals surface area contributed by atoms with Crippen molar-refractivity contribution in [1.82, 2.24) is 19.7 Å². The van der Waals surface area contributed by atoms with Gasteiger partial charge >= 0.3 is 0 Å². The Kier molecular flexibility index (Phi) is 5.38. The van der Waals surface area contributed by atoms with E-state index in [0.717, 1.165) is 18.9 Å². The number of rotatable bonds is 5. The minimum Gasteiger partial charge on any atom is -0.391 e. The second-order valence-electron chi connectivity index (χ2n) is 6.99. The third-order valence-corrected chi connectivity index (χ3v) is 4.75. The van der Waals surface area contributed by atoms with Crippen molar-refractivity contribution in [3.05, 3.63) is 12.2 Å². The van der Waals surface area contributed by atoms with Crippen molar-refractivity contribution in [2.45, 2.75) is 77.5 Å². The highest BCUT2D eigenvalue weighted by molar-refractivity contribution is 4.97. The van der Waals surface area contributed by atoms with Crippen LogP contribution in [0.3, 0.4) is 0 Å². The van der Waals surface area contributed by atoms with E-state index in [1.54, 1.807) is 6.33 Å². The van der Waals surface area contributed by atoms with Gasteiger partial charge in [0.15, 0.2) is 0 Å². The van der Waals surface area contributed by atoms with Crippen LogP contribution in [-0.4, -0.2) is 49.5 Å². The molecule has 1 atom stereocenters. The van der Waals surface area contributed by atoms with Gasteiger partial charge in [0.1, 0.15) is 12.2 Å². The fourth-order valence-electron chi connectivity index (χ4n) is 3.13. The standard InChI is InChI=1S/C16H30N4O/c1-13(2)20-15(17-12-18-20)11-14(21)16(3,4)19-9-7-5-6-8-10-19/h12-14,21H,5-11H2,1-4H3. The Hall–Kier alpha value is -0.940. The summed E-state index contributed by atoms with van der Waals surface area (Å²) < 4.78 is 1.90. The molecule has 0 aliphatic carbocycles. The van der Waals surface area contributed by atoms with E-state index in [9.17, 15) is 5.11 Å². The van der Waals surface area contributed by atoms with Gasteiger partial charge in [0, 0.05) is 18.0 Å². The maximum absolute atomic E-state index is 10.8. The molecular formula is C16H30N4O. The average molecular weight is 294 g/mol. The lowest BCUT2D eigenvalue weighted by molar-refractivity contribution is -0.00946. The summed E-state index contributed by atoms with van der Waals surface area (Å²) in [5, 5.41) is 15.0. The molecule has 2 rings (SSSR count). The Morgan fingerprint density at radius 3 is 2.38 bits per heavy atom. The first-order chi connectivity index (χ1) is 9.93. The lowest BCUT2D eigenvalue weighted by atomic mass is 9.91. The summed E-state index contributed by atoms with van der Waals surface area (Å²) in [6.07, 6.45) is 6.80. The van der Waals surface area contributed by atoms with Crippen LogP contribution >= 0.6 is 0 Å². The van der Waals surface area contributed by atoms with Crippen molar-refractivity contribution in [1.29, 1.82) is 0 Å². The molecule has 0 radical (unpaired) electrons. The number of likely N-dealkylation sites (tertiary alicyclic amines) is 1. The van der Waals surface area contributed by atoms with Crippen LogP contribution in [0.1, 0.15) is 65.2 Å². The molecule has 120 valence electrons. The molecule has 0 saturated carbocycles. The molecule has 1 N–H and O–H groups in total. The summed E-state index contributed by atoms with van der Waals surface area (Å²) in [5.74, 6) is 0.875.